The lowest BCUT2D eigenvalue weighted by molar-refractivity contribution is 0.625. The van der Waals surface area contributed by atoms with Crippen LogP contribution in [0.5, 0.6) is 0 Å². The largest absolute Gasteiger partial charge is 0.207 e. The Balaban J connectivity index is 2.92. The molecule has 0 atom stereocenters. The molecule has 1 rings (SSSR count). The molecular weight excluding hydrogens is 179 g/mol. The van der Waals surface area contributed by atoms with E-state index in [0.717, 1.165) is 5.56 Å². The minimum absolute atomic E-state index is 0.193. The van der Waals surface area contributed by atoms with Gasteiger partial charge in [0.2, 0.25) is 0 Å². The summed E-state index contributed by atoms with van der Waals surface area (Å²) >= 11 is 0. The number of nitriles is 2. The van der Waals surface area contributed by atoms with Gasteiger partial charge in [0.15, 0.2) is 0 Å². The van der Waals surface area contributed by atoms with Crippen molar-refractivity contribution in [3.63, 3.8) is 0 Å². The molecule has 3 heteroatoms. The van der Waals surface area contributed by atoms with Gasteiger partial charge in [-0.3, -0.25) is 0 Å². The zero-order valence-corrected chi connectivity index (χ0v) is 7.63. The van der Waals surface area contributed by atoms with Gasteiger partial charge in [-0.25, -0.2) is 4.39 Å². The van der Waals surface area contributed by atoms with Gasteiger partial charge in [-0.1, -0.05) is 6.07 Å². The van der Waals surface area contributed by atoms with Crippen LogP contribution in [0.1, 0.15) is 17.5 Å². The van der Waals surface area contributed by atoms with Crippen LogP contribution in [0.3, 0.4) is 0 Å². The van der Waals surface area contributed by atoms with E-state index in [2.05, 4.69) is 0 Å². The number of hydrogen-bond acceptors (Lipinski definition) is 2. The molecule has 0 aliphatic rings. The number of nitrogens with zero attached hydrogens (tertiary/aromatic N) is 2. The van der Waals surface area contributed by atoms with Crippen molar-refractivity contribution >= 4 is 0 Å². The zero-order chi connectivity index (χ0) is 10.4. The molecular formula is C11H9FN2. The van der Waals surface area contributed by atoms with Crippen LogP contribution >= 0.6 is 0 Å². The number of rotatable bonds is 3. The van der Waals surface area contributed by atoms with Crippen LogP contribution in [-0.4, -0.2) is 0 Å². The third-order valence-corrected chi connectivity index (χ3v) is 1.94. The van der Waals surface area contributed by atoms with Crippen LogP contribution in [0.2, 0.25) is 0 Å². The van der Waals surface area contributed by atoms with Gasteiger partial charge in [-0.05, 0) is 29.7 Å². The van der Waals surface area contributed by atoms with Crippen LogP contribution in [0.4, 0.5) is 4.39 Å². The van der Waals surface area contributed by atoms with Crippen molar-refractivity contribution in [2.45, 2.75) is 19.3 Å². The molecule has 2 nitrogen and oxygen atoms in total. The third-order valence-electron chi connectivity index (χ3n) is 1.94. The van der Waals surface area contributed by atoms with Crippen LogP contribution in [0.15, 0.2) is 18.2 Å². The first-order valence-corrected chi connectivity index (χ1v) is 4.29. The Kier molecular flexibility index (Phi) is 3.64. The summed E-state index contributed by atoms with van der Waals surface area (Å²) in [5.41, 5.74) is 1.57. The van der Waals surface area contributed by atoms with Crippen molar-refractivity contribution in [2.75, 3.05) is 0 Å². The molecule has 0 saturated heterocycles. The van der Waals surface area contributed by atoms with Gasteiger partial charge in [-0.15, -0.1) is 0 Å². The average Bonchev–Trinajstić information content (AvgIpc) is 2.17. The smallest absolute Gasteiger partial charge is 0.123 e. The Labute approximate surface area is 82.2 Å². The molecule has 0 N–H and O–H groups in total. The Morgan fingerprint density at radius 1 is 1.14 bits per heavy atom. The monoisotopic (exact) mass is 188 g/mol. The second-order valence-electron chi connectivity index (χ2n) is 2.91. The quantitative estimate of drug-likeness (QED) is 0.730. The first-order chi connectivity index (χ1) is 6.77. The second kappa shape index (κ2) is 4.99. The van der Waals surface area contributed by atoms with Gasteiger partial charge in [-0.2, -0.15) is 10.5 Å². The highest BCUT2D eigenvalue weighted by molar-refractivity contribution is 5.30. The minimum Gasteiger partial charge on any atom is -0.207 e. The molecule has 0 fully saturated rings. The maximum atomic E-state index is 12.8. The number of aryl methyl sites for hydroxylation is 1. The highest BCUT2D eigenvalue weighted by atomic mass is 19.1. The molecule has 0 amide bonds. The van der Waals surface area contributed by atoms with E-state index < -0.39 is 0 Å². The van der Waals surface area contributed by atoms with Crippen LogP contribution < -0.4 is 0 Å². The molecule has 0 aliphatic heterocycles. The van der Waals surface area contributed by atoms with E-state index in [-0.39, 0.29) is 12.2 Å². The highest BCUT2D eigenvalue weighted by Crippen LogP contribution is 2.13. The molecule has 0 spiro atoms. The molecule has 0 heterocycles. The minimum atomic E-state index is -0.337. The summed E-state index contributed by atoms with van der Waals surface area (Å²) in [6, 6.07) is 8.35. The third kappa shape index (κ3) is 2.57. The Morgan fingerprint density at radius 3 is 2.57 bits per heavy atom. The van der Waals surface area contributed by atoms with Crippen molar-refractivity contribution in [3.05, 3.63) is 35.1 Å². The molecule has 0 radical (unpaired) electrons. The van der Waals surface area contributed by atoms with Crippen LogP contribution in [0.25, 0.3) is 0 Å². The molecule has 0 unspecified atom stereocenters. The van der Waals surface area contributed by atoms with Crippen LogP contribution in [-0.2, 0) is 12.8 Å². The van der Waals surface area contributed by atoms with E-state index in [1.54, 1.807) is 6.07 Å². The summed E-state index contributed by atoms with van der Waals surface area (Å²) < 4.78 is 12.8. The molecule has 70 valence electrons. The summed E-state index contributed by atoms with van der Waals surface area (Å²) in [5, 5.41) is 16.9. The average molecular weight is 188 g/mol. The summed E-state index contributed by atoms with van der Waals surface area (Å²) in [7, 11) is 0. The highest BCUT2D eigenvalue weighted by Gasteiger charge is 2.03. The summed E-state index contributed by atoms with van der Waals surface area (Å²) in [6.45, 7) is 0. The molecule has 0 saturated carbocycles. The lowest BCUT2D eigenvalue weighted by atomic mass is 10.0. The van der Waals surface area contributed by atoms with E-state index in [9.17, 15) is 4.39 Å². The van der Waals surface area contributed by atoms with Crippen LogP contribution in [0, 0.1) is 28.5 Å². The van der Waals surface area contributed by atoms with Crippen molar-refractivity contribution in [1.29, 1.82) is 10.5 Å². The molecule has 0 bridgehead atoms. The molecule has 0 aliphatic carbocycles. The fourth-order valence-electron chi connectivity index (χ4n) is 1.28. The predicted octanol–water partition coefficient (Wildman–Crippen LogP) is 2.35. The van der Waals surface area contributed by atoms with E-state index in [1.807, 2.05) is 12.1 Å². The molecule has 1 aromatic rings. The van der Waals surface area contributed by atoms with E-state index in [1.165, 1.54) is 12.1 Å². The molecule has 1 aromatic carbocycles. The standard InChI is InChI=1S/C11H9FN2/c12-11-4-3-9(2-1-6-13)10(8-11)5-7-14/h3-4,8H,1-2,5H2. The van der Waals surface area contributed by atoms with Crippen molar-refractivity contribution < 1.29 is 4.39 Å². The van der Waals surface area contributed by atoms with Gasteiger partial charge < -0.3 is 0 Å². The Morgan fingerprint density at radius 2 is 1.93 bits per heavy atom. The second-order valence-corrected chi connectivity index (χ2v) is 2.91. The van der Waals surface area contributed by atoms with E-state index >= 15 is 0 Å². The van der Waals surface area contributed by atoms with E-state index in [0.29, 0.717) is 18.4 Å². The molecule has 0 aromatic heterocycles. The lowest BCUT2D eigenvalue weighted by Gasteiger charge is -2.04. The predicted molar refractivity (Wildman–Crippen MR) is 49.7 cm³/mol. The fraction of sp³-hybridized carbons (Fsp3) is 0.273. The zero-order valence-electron chi connectivity index (χ0n) is 7.63. The molecule has 14 heavy (non-hydrogen) atoms. The number of halogens is 1. The maximum absolute atomic E-state index is 12.8. The normalized spacial score (nSPS) is 9.07. The first kappa shape index (κ1) is 10.2. The Bertz CT molecular complexity index is 399. The van der Waals surface area contributed by atoms with Gasteiger partial charge >= 0.3 is 0 Å². The Hall–Kier alpha value is -1.87. The van der Waals surface area contributed by atoms with E-state index in [4.69, 9.17) is 10.5 Å². The topological polar surface area (TPSA) is 47.6 Å². The van der Waals surface area contributed by atoms with Crippen molar-refractivity contribution in [1.82, 2.24) is 0 Å². The van der Waals surface area contributed by atoms with Gasteiger partial charge in [0, 0.05) is 6.42 Å². The lowest BCUT2D eigenvalue weighted by Crippen LogP contribution is -1.94. The van der Waals surface area contributed by atoms with Gasteiger partial charge in [0.25, 0.3) is 0 Å². The number of hydrogen-bond donors (Lipinski definition) is 0. The SMILES string of the molecule is N#CCCc1ccc(F)cc1CC#N. The fourth-order valence-corrected chi connectivity index (χ4v) is 1.28. The summed E-state index contributed by atoms with van der Waals surface area (Å²) in [4.78, 5) is 0. The summed E-state index contributed by atoms with van der Waals surface area (Å²) in [5.74, 6) is -0.337. The van der Waals surface area contributed by atoms with Crippen molar-refractivity contribution in [2.24, 2.45) is 0 Å². The summed E-state index contributed by atoms with van der Waals surface area (Å²) in [6.07, 6.45) is 1.16. The maximum Gasteiger partial charge on any atom is 0.123 e. The number of benzene rings is 1. The van der Waals surface area contributed by atoms with Gasteiger partial charge in [0.05, 0.1) is 18.6 Å². The van der Waals surface area contributed by atoms with Crippen molar-refractivity contribution in [3.8, 4) is 12.1 Å². The first-order valence-electron chi connectivity index (χ1n) is 4.29. The van der Waals surface area contributed by atoms with Gasteiger partial charge in [0.1, 0.15) is 5.82 Å².